The fraction of sp³-hybridized carbons (Fsp3) is 0.250. The third-order valence-corrected chi connectivity index (χ3v) is 3.99. The first-order chi connectivity index (χ1) is 8.16. The molecule has 5 heteroatoms. The van der Waals surface area contributed by atoms with Crippen molar-refractivity contribution in [3.05, 3.63) is 50.4 Å². The Balaban J connectivity index is 2.05. The molecule has 0 fully saturated rings. The van der Waals surface area contributed by atoms with E-state index < -0.39 is 0 Å². The van der Waals surface area contributed by atoms with Gasteiger partial charge in [-0.1, -0.05) is 29.3 Å². The molecule has 1 aromatic heterocycles. The van der Waals surface area contributed by atoms with Crippen molar-refractivity contribution in [1.29, 1.82) is 0 Å². The number of benzene rings is 1. The van der Waals surface area contributed by atoms with E-state index in [9.17, 15) is 0 Å². The Hall–Kier alpha value is -0.610. The van der Waals surface area contributed by atoms with E-state index in [2.05, 4.69) is 4.98 Å². The van der Waals surface area contributed by atoms with Crippen LogP contribution in [0.1, 0.15) is 10.4 Å². The van der Waals surface area contributed by atoms with Gasteiger partial charge in [0, 0.05) is 27.2 Å². The van der Waals surface area contributed by atoms with Crippen LogP contribution in [0.25, 0.3) is 0 Å². The first-order valence-electron chi connectivity index (χ1n) is 5.22. The molecule has 0 saturated heterocycles. The maximum Gasteiger partial charge on any atom is 0.0794 e. The van der Waals surface area contributed by atoms with E-state index in [1.807, 2.05) is 29.9 Å². The van der Waals surface area contributed by atoms with Crippen LogP contribution in [-0.4, -0.2) is 11.0 Å². The number of thiazole rings is 1. The fourth-order valence-electron chi connectivity index (χ4n) is 1.66. The molecule has 2 N–H and O–H groups in total. The monoisotopic (exact) mass is 286 g/mol. The smallest absolute Gasteiger partial charge is 0.0794 e. The lowest BCUT2D eigenvalue weighted by Gasteiger charge is -2.12. The maximum absolute atomic E-state index is 6.11. The second kappa shape index (κ2) is 5.83. The number of nitrogens with zero attached hydrogens (tertiary/aromatic N) is 1. The molecule has 17 heavy (non-hydrogen) atoms. The summed E-state index contributed by atoms with van der Waals surface area (Å²) in [7, 11) is 0. The molecular formula is C12H12Cl2N2S. The van der Waals surface area contributed by atoms with Crippen LogP contribution in [0.3, 0.4) is 0 Å². The minimum Gasteiger partial charge on any atom is -0.327 e. The minimum absolute atomic E-state index is 0.00727. The quantitative estimate of drug-likeness (QED) is 0.933. The molecule has 90 valence electrons. The standard InChI is InChI=1S/C12H12Cl2N2S/c13-11-2-1-3-12(14)10(11)5-8(15)4-9-6-16-7-17-9/h1-3,6-8H,4-5,15H2. The molecule has 1 heterocycles. The van der Waals surface area contributed by atoms with Crippen LogP contribution in [0.5, 0.6) is 0 Å². The summed E-state index contributed by atoms with van der Waals surface area (Å²) in [6.07, 6.45) is 3.32. The molecule has 0 spiro atoms. The summed E-state index contributed by atoms with van der Waals surface area (Å²) in [5, 5.41) is 1.36. The summed E-state index contributed by atoms with van der Waals surface area (Å²) >= 11 is 13.8. The third kappa shape index (κ3) is 3.42. The number of nitrogens with two attached hydrogens (primary N) is 1. The van der Waals surface area contributed by atoms with E-state index >= 15 is 0 Å². The number of hydrogen-bond acceptors (Lipinski definition) is 3. The molecule has 2 rings (SSSR count). The van der Waals surface area contributed by atoms with Gasteiger partial charge < -0.3 is 5.73 Å². The van der Waals surface area contributed by atoms with Gasteiger partial charge in [-0.05, 0) is 30.5 Å². The number of aromatic nitrogens is 1. The molecule has 1 atom stereocenters. The van der Waals surface area contributed by atoms with Crippen LogP contribution < -0.4 is 5.73 Å². The SMILES string of the molecule is NC(Cc1cncs1)Cc1c(Cl)cccc1Cl. The number of rotatable bonds is 4. The van der Waals surface area contributed by atoms with E-state index in [1.54, 1.807) is 11.3 Å². The summed E-state index contributed by atoms with van der Waals surface area (Å²) in [5.74, 6) is 0. The van der Waals surface area contributed by atoms with Crippen molar-refractivity contribution < 1.29 is 0 Å². The largest absolute Gasteiger partial charge is 0.327 e. The molecule has 0 aliphatic rings. The molecular weight excluding hydrogens is 275 g/mol. The zero-order chi connectivity index (χ0) is 12.3. The molecule has 0 radical (unpaired) electrons. The molecule has 0 bridgehead atoms. The van der Waals surface area contributed by atoms with Crippen molar-refractivity contribution in [2.75, 3.05) is 0 Å². The lowest BCUT2D eigenvalue weighted by atomic mass is 10.0. The zero-order valence-corrected chi connectivity index (χ0v) is 11.4. The first-order valence-corrected chi connectivity index (χ1v) is 6.86. The third-order valence-electron chi connectivity index (χ3n) is 2.47. The van der Waals surface area contributed by atoms with Crippen molar-refractivity contribution >= 4 is 34.5 Å². The van der Waals surface area contributed by atoms with Gasteiger partial charge in [0.05, 0.1) is 5.51 Å². The van der Waals surface area contributed by atoms with Crippen molar-refractivity contribution in [2.45, 2.75) is 18.9 Å². The van der Waals surface area contributed by atoms with E-state index in [1.165, 1.54) is 4.88 Å². The van der Waals surface area contributed by atoms with E-state index in [4.69, 9.17) is 28.9 Å². The Morgan fingerprint density at radius 3 is 2.53 bits per heavy atom. The van der Waals surface area contributed by atoms with Gasteiger partial charge >= 0.3 is 0 Å². The van der Waals surface area contributed by atoms with Gasteiger partial charge in [-0.15, -0.1) is 11.3 Å². The Morgan fingerprint density at radius 2 is 1.94 bits per heavy atom. The first kappa shape index (κ1) is 12.8. The molecule has 0 aliphatic heterocycles. The average molecular weight is 287 g/mol. The summed E-state index contributed by atoms with van der Waals surface area (Å²) < 4.78 is 0. The van der Waals surface area contributed by atoms with Gasteiger partial charge in [0.25, 0.3) is 0 Å². The van der Waals surface area contributed by atoms with Crippen molar-refractivity contribution in [3.8, 4) is 0 Å². The lowest BCUT2D eigenvalue weighted by Crippen LogP contribution is -2.25. The molecule has 2 aromatic rings. The second-order valence-corrected chi connectivity index (χ2v) is 5.62. The molecule has 1 unspecified atom stereocenters. The summed E-state index contributed by atoms with van der Waals surface area (Å²) in [4.78, 5) is 5.21. The number of halogens is 2. The van der Waals surface area contributed by atoms with Crippen LogP contribution in [-0.2, 0) is 12.8 Å². The highest BCUT2D eigenvalue weighted by molar-refractivity contribution is 7.09. The van der Waals surface area contributed by atoms with Crippen LogP contribution in [0.4, 0.5) is 0 Å². The Morgan fingerprint density at radius 1 is 1.24 bits per heavy atom. The highest BCUT2D eigenvalue weighted by Crippen LogP contribution is 2.25. The summed E-state index contributed by atoms with van der Waals surface area (Å²) in [5.41, 5.74) is 8.83. The topological polar surface area (TPSA) is 38.9 Å². The summed E-state index contributed by atoms with van der Waals surface area (Å²) in [6, 6.07) is 5.51. The predicted octanol–water partition coefficient (Wildman–Crippen LogP) is 3.56. The fourth-order valence-corrected chi connectivity index (χ4v) is 2.90. The number of hydrogen-bond donors (Lipinski definition) is 1. The Labute approximate surface area is 114 Å². The molecule has 0 amide bonds. The molecule has 0 aliphatic carbocycles. The molecule has 2 nitrogen and oxygen atoms in total. The van der Waals surface area contributed by atoms with Crippen LogP contribution in [0.2, 0.25) is 10.0 Å². The van der Waals surface area contributed by atoms with Gasteiger partial charge in [-0.2, -0.15) is 0 Å². The lowest BCUT2D eigenvalue weighted by molar-refractivity contribution is 0.670. The van der Waals surface area contributed by atoms with Crippen molar-refractivity contribution in [2.24, 2.45) is 5.73 Å². The minimum atomic E-state index is 0.00727. The molecule has 1 aromatic carbocycles. The van der Waals surface area contributed by atoms with Gasteiger partial charge in [0.15, 0.2) is 0 Å². The van der Waals surface area contributed by atoms with E-state index in [0.717, 1.165) is 12.0 Å². The van der Waals surface area contributed by atoms with Gasteiger partial charge in [-0.3, -0.25) is 4.98 Å². The predicted molar refractivity (Wildman–Crippen MR) is 74.0 cm³/mol. The summed E-state index contributed by atoms with van der Waals surface area (Å²) in [6.45, 7) is 0. The molecule has 0 saturated carbocycles. The maximum atomic E-state index is 6.11. The van der Waals surface area contributed by atoms with Crippen molar-refractivity contribution in [1.82, 2.24) is 4.98 Å². The Kier molecular flexibility index (Phi) is 4.40. The van der Waals surface area contributed by atoms with E-state index in [0.29, 0.717) is 16.5 Å². The zero-order valence-electron chi connectivity index (χ0n) is 9.07. The van der Waals surface area contributed by atoms with Crippen molar-refractivity contribution in [3.63, 3.8) is 0 Å². The van der Waals surface area contributed by atoms with Crippen LogP contribution in [0.15, 0.2) is 29.9 Å². The highest BCUT2D eigenvalue weighted by Gasteiger charge is 2.11. The van der Waals surface area contributed by atoms with E-state index in [-0.39, 0.29) is 6.04 Å². The van der Waals surface area contributed by atoms with Crippen LogP contribution >= 0.6 is 34.5 Å². The van der Waals surface area contributed by atoms with Gasteiger partial charge in [0.2, 0.25) is 0 Å². The Bertz CT molecular complexity index is 465. The average Bonchev–Trinajstić information content (AvgIpc) is 2.76. The van der Waals surface area contributed by atoms with Crippen LogP contribution in [0, 0.1) is 0 Å². The van der Waals surface area contributed by atoms with Gasteiger partial charge in [0.1, 0.15) is 0 Å². The normalized spacial score (nSPS) is 12.6. The van der Waals surface area contributed by atoms with Gasteiger partial charge in [-0.25, -0.2) is 0 Å². The second-order valence-electron chi connectivity index (χ2n) is 3.84. The highest BCUT2D eigenvalue weighted by atomic mass is 35.5.